The zero-order valence-corrected chi connectivity index (χ0v) is 5.39. The van der Waals surface area contributed by atoms with Gasteiger partial charge in [0.1, 0.15) is 12.8 Å². The van der Waals surface area contributed by atoms with Crippen LogP contribution in [0, 0.1) is 0 Å². The van der Waals surface area contributed by atoms with Crippen LogP contribution in [0.25, 0.3) is 0 Å². The quantitative estimate of drug-likeness (QED) is 0.534. The van der Waals surface area contributed by atoms with Crippen molar-refractivity contribution in [2.75, 3.05) is 13.7 Å². The summed E-state index contributed by atoms with van der Waals surface area (Å²) in [5, 5.41) is 0. The summed E-state index contributed by atoms with van der Waals surface area (Å²) in [6.45, 7) is 1.05. The van der Waals surface area contributed by atoms with Crippen LogP contribution in [0.1, 0.15) is 6.92 Å². The standard InChI is InChI=1S/C5H9FO3/c1-4(6)3-9-5(7)8-2/h4H,3H2,1-2H3. The van der Waals surface area contributed by atoms with Gasteiger partial charge in [-0.05, 0) is 6.92 Å². The summed E-state index contributed by atoms with van der Waals surface area (Å²) in [6, 6.07) is 0. The number of ether oxygens (including phenoxy) is 2. The van der Waals surface area contributed by atoms with Gasteiger partial charge in [-0.25, -0.2) is 9.18 Å². The van der Waals surface area contributed by atoms with E-state index in [1.807, 2.05) is 0 Å². The normalized spacial score (nSPS) is 12.3. The molecule has 0 aliphatic carbocycles. The summed E-state index contributed by atoms with van der Waals surface area (Å²) in [5.41, 5.74) is 0. The fourth-order valence-electron chi connectivity index (χ4n) is 0.242. The molecule has 0 aliphatic rings. The minimum Gasteiger partial charge on any atom is -0.438 e. The van der Waals surface area contributed by atoms with E-state index < -0.39 is 12.3 Å². The Morgan fingerprint density at radius 3 is 2.67 bits per heavy atom. The third-order valence-electron chi connectivity index (χ3n) is 0.598. The van der Waals surface area contributed by atoms with Gasteiger partial charge in [-0.3, -0.25) is 0 Å². The van der Waals surface area contributed by atoms with Gasteiger partial charge in [-0.1, -0.05) is 0 Å². The van der Waals surface area contributed by atoms with Crippen LogP contribution in [0.2, 0.25) is 0 Å². The molecule has 0 bridgehead atoms. The molecule has 3 nitrogen and oxygen atoms in total. The van der Waals surface area contributed by atoms with Crippen LogP contribution in [-0.4, -0.2) is 26.0 Å². The molecule has 1 unspecified atom stereocenters. The minimum atomic E-state index is -1.14. The van der Waals surface area contributed by atoms with E-state index in [-0.39, 0.29) is 6.61 Å². The lowest BCUT2D eigenvalue weighted by Gasteiger charge is -2.01. The number of carbonyl (C=O) groups is 1. The summed E-state index contributed by atoms with van der Waals surface area (Å²) in [5.74, 6) is 0. The molecular weight excluding hydrogens is 127 g/mol. The van der Waals surface area contributed by atoms with Crippen LogP contribution < -0.4 is 0 Å². The maximum Gasteiger partial charge on any atom is 0.508 e. The number of alkyl halides is 1. The van der Waals surface area contributed by atoms with Gasteiger partial charge in [0.2, 0.25) is 0 Å². The largest absolute Gasteiger partial charge is 0.508 e. The van der Waals surface area contributed by atoms with Crippen LogP contribution in [0.15, 0.2) is 0 Å². The van der Waals surface area contributed by atoms with Crippen molar-refractivity contribution < 1.29 is 18.7 Å². The highest BCUT2D eigenvalue weighted by atomic mass is 19.1. The molecule has 0 radical (unpaired) electrons. The highest BCUT2D eigenvalue weighted by Gasteiger charge is 2.03. The van der Waals surface area contributed by atoms with E-state index in [1.54, 1.807) is 0 Å². The van der Waals surface area contributed by atoms with Crippen LogP contribution in [0.5, 0.6) is 0 Å². The Bertz CT molecular complexity index is 92.2. The summed E-state index contributed by atoms with van der Waals surface area (Å²) in [4.78, 5) is 10.1. The van der Waals surface area contributed by atoms with Crippen molar-refractivity contribution >= 4 is 6.16 Å². The van der Waals surface area contributed by atoms with Crippen molar-refractivity contribution in [2.24, 2.45) is 0 Å². The van der Waals surface area contributed by atoms with Gasteiger partial charge in [0.25, 0.3) is 0 Å². The average Bonchev–Trinajstić information content (AvgIpc) is 1.83. The molecular formula is C5H9FO3. The molecule has 9 heavy (non-hydrogen) atoms. The lowest BCUT2D eigenvalue weighted by atomic mass is 10.5. The molecule has 0 saturated heterocycles. The van der Waals surface area contributed by atoms with Crippen LogP contribution in [-0.2, 0) is 9.47 Å². The second-order valence-electron chi connectivity index (χ2n) is 1.55. The van der Waals surface area contributed by atoms with Crippen molar-refractivity contribution in [1.29, 1.82) is 0 Å². The maximum atomic E-state index is 11.9. The molecule has 0 heterocycles. The van der Waals surface area contributed by atoms with Crippen molar-refractivity contribution in [3.8, 4) is 0 Å². The summed E-state index contributed by atoms with van der Waals surface area (Å²) < 4.78 is 20.2. The zero-order chi connectivity index (χ0) is 7.28. The fraction of sp³-hybridized carbons (Fsp3) is 0.800. The Morgan fingerprint density at radius 2 is 2.33 bits per heavy atom. The van der Waals surface area contributed by atoms with Crippen molar-refractivity contribution in [3.63, 3.8) is 0 Å². The summed E-state index contributed by atoms with van der Waals surface area (Å²) >= 11 is 0. The van der Waals surface area contributed by atoms with Gasteiger partial charge in [0, 0.05) is 0 Å². The third-order valence-corrected chi connectivity index (χ3v) is 0.598. The average molecular weight is 136 g/mol. The lowest BCUT2D eigenvalue weighted by molar-refractivity contribution is 0.0555. The number of carbonyl (C=O) groups excluding carboxylic acids is 1. The Hall–Kier alpha value is -0.800. The lowest BCUT2D eigenvalue weighted by Crippen LogP contribution is -2.11. The number of halogens is 1. The van der Waals surface area contributed by atoms with E-state index in [2.05, 4.69) is 9.47 Å². The van der Waals surface area contributed by atoms with E-state index >= 15 is 0 Å². The number of methoxy groups -OCH3 is 1. The first-order valence-electron chi connectivity index (χ1n) is 2.51. The maximum absolute atomic E-state index is 11.9. The first-order chi connectivity index (χ1) is 4.16. The molecule has 0 aromatic heterocycles. The van der Waals surface area contributed by atoms with Gasteiger partial charge in [-0.15, -0.1) is 0 Å². The number of hydrogen-bond acceptors (Lipinski definition) is 3. The van der Waals surface area contributed by atoms with Gasteiger partial charge < -0.3 is 9.47 Å². The Kier molecular flexibility index (Phi) is 3.75. The van der Waals surface area contributed by atoms with E-state index in [1.165, 1.54) is 14.0 Å². The highest BCUT2D eigenvalue weighted by Crippen LogP contribution is 1.90. The smallest absolute Gasteiger partial charge is 0.438 e. The molecule has 0 spiro atoms. The number of rotatable bonds is 2. The van der Waals surface area contributed by atoms with Crippen molar-refractivity contribution in [2.45, 2.75) is 13.1 Å². The predicted octanol–water partition coefficient (Wildman–Crippen LogP) is 1.13. The second-order valence-corrected chi connectivity index (χ2v) is 1.55. The second kappa shape index (κ2) is 4.12. The zero-order valence-electron chi connectivity index (χ0n) is 5.39. The third kappa shape index (κ3) is 5.06. The topological polar surface area (TPSA) is 35.5 Å². The molecule has 1 atom stereocenters. The van der Waals surface area contributed by atoms with Crippen molar-refractivity contribution in [3.05, 3.63) is 0 Å². The van der Waals surface area contributed by atoms with Gasteiger partial charge in [0.15, 0.2) is 0 Å². The molecule has 0 aromatic carbocycles. The van der Waals surface area contributed by atoms with Crippen LogP contribution in [0.3, 0.4) is 0 Å². The monoisotopic (exact) mass is 136 g/mol. The first-order valence-corrected chi connectivity index (χ1v) is 2.51. The van der Waals surface area contributed by atoms with E-state index in [9.17, 15) is 9.18 Å². The molecule has 0 N–H and O–H groups in total. The van der Waals surface area contributed by atoms with Gasteiger partial charge >= 0.3 is 6.16 Å². The predicted molar refractivity (Wildman–Crippen MR) is 28.9 cm³/mol. The van der Waals surface area contributed by atoms with E-state index in [4.69, 9.17) is 0 Å². The SMILES string of the molecule is COC(=O)OCC(C)F. The van der Waals surface area contributed by atoms with E-state index in [0.29, 0.717) is 0 Å². The number of hydrogen-bond donors (Lipinski definition) is 0. The first kappa shape index (κ1) is 8.20. The minimum absolute atomic E-state index is 0.243. The van der Waals surface area contributed by atoms with Gasteiger partial charge in [0.05, 0.1) is 7.11 Å². The molecule has 0 rings (SSSR count). The van der Waals surface area contributed by atoms with Gasteiger partial charge in [-0.2, -0.15) is 0 Å². The molecule has 54 valence electrons. The van der Waals surface area contributed by atoms with E-state index in [0.717, 1.165) is 0 Å². The fourth-order valence-corrected chi connectivity index (χ4v) is 0.242. The Balaban J connectivity index is 3.17. The van der Waals surface area contributed by atoms with Crippen molar-refractivity contribution in [1.82, 2.24) is 0 Å². The molecule has 4 heteroatoms. The summed E-state index contributed by atoms with van der Waals surface area (Å²) in [6.07, 6.45) is -1.98. The highest BCUT2D eigenvalue weighted by molar-refractivity contribution is 5.59. The summed E-state index contributed by atoms with van der Waals surface area (Å²) in [7, 11) is 1.17. The Labute approximate surface area is 52.8 Å². The van der Waals surface area contributed by atoms with Crippen LogP contribution in [0.4, 0.5) is 9.18 Å². The van der Waals surface area contributed by atoms with Crippen LogP contribution >= 0.6 is 0 Å². The molecule has 0 fully saturated rings. The molecule has 0 aliphatic heterocycles. The molecule has 0 amide bonds. The molecule has 0 saturated carbocycles. The molecule has 0 aromatic rings. The Morgan fingerprint density at radius 1 is 1.78 bits per heavy atom.